The molecule has 1 unspecified atom stereocenters. The van der Waals surface area contributed by atoms with Crippen LogP contribution in [-0.2, 0) is 19.2 Å². The lowest BCUT2D eigenvalue weighted by Crippen LogP contribution is -2.46. The molecule has 1 amide bonds. The first-order valence-electron chi connectivity index (χ1n) is 7.25. The molecule has 8 heteroatoms. The fourth-order valence-corrected chi connectivity index (χ4v) is 2.29. The van der Waals surface area contributed by atoms with Crippen LogP contribution in [0.2, 0.25) is 0 Å². The lowest BCUT2D eigenvalue weighted by atomic mass is 10.1. The molecule has 0 fully saturated rings. The summed E-state index contributed by atoms with van der Waals surface area (Å²) in [6.07, 6.45) is 0.400. The van der Waals surface area contributed by atoms with Gasteiger partial charge in [-0.1, -0.05) is 12.1 Å². The molecular weight excluding hydrogens is 318 g/mol. The van der Waals surface area contributed by atoms with Crippen molar-refractivity contribution in [2.75, 3.05) is 7.11 Å². The quantitative estimate of drug-likeness (QED) is 0.486. The first-order valence-corrected chi connectivity index (χ1v) is 8.13. The number of ether oxygens (including phenoxy) is 1. The van der Waals surface area contributed by atoms with Gasteiger partial charge in [-0.15, -0.1) is 11.3 Å². The standard InChI is InChI=1S/C15H23N3O4S/c1-7-10(14(20)22-15(3,4)5)17-13(19)12(18-21-6)11-8-23-9(2)16-11/h8,10H,7H2,1-6H3,(H,17,19). The van der Waals surface area contributed by atoms with Gasteiger partial charge in [0.2, 0.25) is 0 Å². The Morgan fingerprint density at radius 3 is 2.52 bits per heavy atom. The lowest BCUT2D eigenvalue weighted by molar-refractivity contribution is -0.158. The van der Waals surface area contributed by atoms with Crippen molar-refractivity contribution in [1.82, 2.24) is 10.3 Å². The van der Waals surface area contributed by atoms with Gasteiger partial charge in [-0.2, -0.15) is 0 Å². The molecule has 23 heavy (non-hydrogen) atoms. The average Bonchev–Trinajstić information content (AvgIpc) is 2.86. The summed E-state index contributed by atoms with van der Waals surface area (Å²) < 4.78 is 5.30. The Hall–Kier alpha value is -1.96. The van der Waals surface area contributed by atoms with E-state index < -0.39 is 23.5 Å². The molecule has 128 valence electrons. The number of oxime groups is 1. The molecule has 0 aliphatic heterocycles. The predicted molar refractivity (Wildman–Crippen MR) is 88.5 cm³/mol. The number of aromatic nitrogens is 1. The van der Waals surface area contributed by atoms with Crippen molar-refractivity contribution in [3.63, 3.8) is 0 Å². The topological polar surface area (TPSA) is 89.9 Å². The SMILES string of the molecule is CCC(NC(=O)C(=NOC)c1csc(C)n1)C(=O)OC(C)(C)C. The maximum atomic E-state index is 12.4. The summed E-state index contributed by atoms with van der Waals surface area (Å²) >= 11 is 1.40. The summed E-state index contributed by atoms with van der Waals surface area (Å²) in [5, 5.41) is 8.86. The highest BCUT2D eigenvalue weighted by Crippen LogP contribution is 2.12. The molecule has 0 aliphatic rings. The molecule has 0 saturated carbocycles. The second-order valence-electron chi connectivity index (χ2n) is 5.84. The Balaban J connectivity index is 2.88. The molecule has 0 spiro atoms. The monoisotopic (exact) mass is 341 g/mol. The van der Waals surface area contributed by atoms with Crippen LogP contribution in [0.5, 0.6) is 0 Å². The van der Waals surface area contributed by atoms with Crippen molar-refractivity contribution in [3.05, 3.63) is 16.1 Å². The minimum atomic E-state index is -0.761. The highest BCUT2D eigenvalue weighted by molar-refractivity contribution is 7.09. The van der Waals surface area contributed by atoms with Crippen molar-refractivity contribution >= 4 is 28.9 Å². The van der Waals surface area contributed by atoms with Crippen molar-refractivity contribution < 1.29 is 19.2 Å². The molecule has 0 radical (unpaired) electrons. The zero-order chi connectivity index (χ0) is 17.6. The van der Waals surface area contributed by atoms with E-state index >= 15 is 0 Å². The third-order valence-electron chi connectivity index (χ3n) is 2.66. The Kier molecular flexibility index (Phi) is 6.68. The fraction of sp³-hybridized carbons (Fsp3) is 0.600. The van der Waals surface area contributed by atoms with Crippen molar-refractivity contribution in [3.8, 4) is 0 Å². The van der Waals surface area contributed by atoms with E-state index in [-0.39, 0.29) is 5.71 Å². The Labute approximate surface area is 140 Å². The van der Waals surface area contributed by atoms with Crippen LogP contribution in [0.3, 0.4) is 0 Å². The van der Waals surface area contributed by atoms with Gasteiger partial charge in [0.25, 0.3) is 5.91 Å². The van der Waals surface area contributed by atoms with Crippen LogP contribution in [0.25, 0.3) is 0 Å². The highest BCUT2D eigenvalue weighted by atomic mass is 32.1. The smallest absolute Gasteiger partial charge is 0.329 e. The molecule has 0 aromatic carbocycles. The number of carbonyl (C=O) groups is 2. The maximum absolute atomic E-state index is 12.4. The van der Waals surface area contributed by atoms with Crippen LogP contribution in [0.15, 0.2) is 10.5 Å². The minimum Gasteiger partial charge on any atom is -0.458 e. The number of carbonyl (C=O) groups excluding carboxylic acids is 2. The molecule has 0 aliphatic carbocycles. The molecule has 1 aromatic heterocycles. The van der Waals surface area contributed by atoms with E-state index in [9.17, 15) is 9.59 Å². The van der Waals surface area contributed by atoms with Crippen LogP contribution in [0.4, 0.5) is 0 Å². The number of amides is 1. The second kappa shape index (κ2) is 8.05. The number of esters is 1. The number of aryl methyl sites for hydroxylation is 1. The minimum absolute atomic E-state index is 0.0267. The molecule has 0 saturated heterocycles. The van der Waals surface area contributed by atoms with Gasteiger partial charge in [0, 0.05) is 5.38 Å². The van der Waals surface area contributed by atoms with Gasteiger partial charge in [-0.25, -0.2) is 9.78 Å². The first-order chi connectivity index (χ1) is 10.7. The average molecular weight is 341 g/mol. The van der Waals surface area contributed by atoms with Crippen LogP contribution in [0.1, 0.15) is 44.8 Å². The molecule has 1 rings (SSSR count). The molecule has 7 nitrogen and oxygen atoms in total. The van der Waals surface area contributed by atoms with Gasteiger partial charge < -0.3 is 14.9 Å². The largest absolute Gasteiger partial charge is 0.458 e. The molecule has 1 aromatic rings. The summed E-state index contributed by atoms with van der Waals surface area (Å²) in [5.74, 6) is -1.02. The molecular formula is C15H23N3O4S. The highest BCUT2D eigenvalue weighted by Gasteiger charge is 2.28. The fourth-order valence-electron chi connectivity index (χ4n) is 1.70. The van der Waals surface area contributed by atoms with E-state index in [1.807, 2.05) is 6.92 Å². The van der Waals surface area contributed by atoms with Gasteiger partial charge in [0.05, 0.1) is 5.01 Å². The normalized spacial score (nSPS) is 13.4. The Bertz CT molecular complexity index is 590. The molecule has 0 bridgehead atoms. The number of nitrogens with zero attached hydrogens (tertiary/aromatic N) is 2. The maximum Gasteiger partial charge on any atom is 0.329 e. The van der Waals surface area contributed by atoms with Gasteiger partial charge >= 0.3 is 5.97 Å². The number of hydrogen-bond acceptors (Lipinski definition) is 7. The van der Waals surface area contributed by atoms with Gasteiger partial charge in [-0.05, 0) is 34.1 Å². The number of hydrogen-bond donors (Lipinski definition) is 1. The van der Waals surface area contributed by atoms with Gasteiger partial charge in [0.1, 0.15) is 24.4 Å². The molecule has 1 atom stereocenters. The molecule has 1 N–H and O–H groups in total. The summed E-state index contributed by atoms with van der Waals surface area (Å²) in [7, 11) is 1.34. The van der Waals surface area contributed by atoms with E-state index in [4.69, 9.17) is 9.57 Å². The van der Waals surface area contributed by atoms with E-state index in [1.165, 1.54) is 18.4 Å². The number of nitrogens with one attached hydrogen (secondary N) is 1. The third-order valence-corrected chi connectivity index (χ3v) is 3.44. The summed E-state index contributed by atoms with van der Waals surface area (Å²) in [6.45, 7) is 8.93. The third kappa shape index (κ3) is 5.97. The van der Waals surface area contributed by atoms with E-state index in [0.717, 1.165) is 5.01 Å². The number of rotatable bonds is 6. The predicted octanol–water partition coefficient (Wildman–Crippen LogP) is 2.04. The van der Waals surface area contributed by atoms with Crippen molar-refractivity contribution in [1.29, 1.82) is 0 Å². The van der Waals surface area contributed by atoms with Gasteiger partial charge in [0.15, 0.2) is 5.71 Å². The molecule has 1 heterocycles. The zero-order valence-corrected chi connectivity index (χ0v) is 15.1. The van der Waals surface area contributed by atoms with Crippen molar-refractivity contribution in [2.24, 2.45) is 5.16 Å². The van der Waals surface area contributed by atoms with E-state index in [1.54, 1.807) is 33.1 Å². The van der Waals surface area contributed by atoms with Crippen molar-refractivity contribution in [2.45, 2.75) is 52.7 Å². The lowest BCUT2D eigenvalue weighted by Gasteiger charge is -2.23. The Morgan fingerprint density at radius 2 is 2.09 bits per heavy atom. The van der Waals surface area contributed by atoms with Crippen LogP contribution in [0, 0.1) is 6.92 Å². The summed E-state index contributed by atoms with van der Waals surface area (Å²) in [4.78, 5) is 33.5. The van der Waals surface area contributed by atoms with Gasteiger partial charge in [-0.3, -0.25) is 4.79 Å². The second-order valence-corrected chi connectivity index (χ2v) is 6.90. The van der Waals surface area contributed by atoms with Crippen LogP contribution in [-0.4, -0.2) is 41.3 Å². The van der Waals surface area contributed by atoms with Crippen LogP contribution >= 0.6 is 11.3 Å². The number of thiazole rings is 1. The Morgan fingerprint density at radius 1 is 1.43 bits per heavy atom. The van der Waals surface area contributed by atoms with E-state index in [0.29, 0.717) is 12.1 Å². The van der Waals surface area contributed by atoms with Crippen LogP contribution < -0.4 is 5.32 Å². The summed E-state index contributed by atoms with van der Waals surface area (Å²) in [5.41, 5.74) is -0.185. The van der Waals surface area contributed by atoms with E-state index in [2.05, 4.69) is 15.5 Å². The zero-order valence-electron chi connectivity index (χ0n) is 14.3. The summed E-state index contributed by atoms with van der Waals surface area (Å²) in [6, 6.07) is -0.761. The first kappa shape index (κ1) is 19.1.